The van der Waals surface area contributed by atoms with Crippen LogP contribution in [0.3, 0.4) is 0 Å². The first-order valence-corrected chi connectivity index (χ1v) is 12.5. The van der Waals surface area contributed by atoms with E-state index >= 15 is 0 Å². The van der Waals surface area contributed by atoms with Gasteiger partial charge in [0.2, 0.25) is 0 Å². The summed E-state index contributed by atoms with van der Waals surface area (Å²) in [6.45, 7) is 5.39. The minimum absolute atomic E-state index is 0.263. The molecule has 0 aliphatic rings. The van der Waals surface area contributed by atoms with Gasteiger partial charge in [-0.3, -0.25) is 0 Å². The lowest BCUT2D eigenvalue weighted by atomic mass is 9.84. The lowest BCUT2D eigenvalue weighted by Gasteiger charge is -2.21. The lowest BCUT2D eigenvalue weighted by molar-refractivity contribution is 0.284. The Kier molecular flexibility index (Phi) is 8.82. The molecule has 0 saturated carbocycles. The van der Waals surface area contributed by atoms with Gasteiger partial charge in [0.15, 0.2) is 11.5 Å². The highest BCUT2D eigenvalue weighted by Crippen LogP contribution is 2.39. The van der Waals surface area contributed by atoms with Crippen LogP contribution >= 0.6 is 0 Å². The van der Waals surface area contributed by atoms with Crippen LogP contribution in [0.4, 0.5) is 0 Å². The fourth-order valence-corrected chi connectivity index (χ4v) is 4.44. The van der Waals surface area contributed by atoms with Crippen molar-refractivity contribution in [3.63, 3.8) is 0 Å². The van der Waals surface area contributed by atoms with E-state index in [-0.39, 0.29) is 5.92 Å². The van der Waals surface area contributed by atoms with E-state index in [1.54, 1.807) is 7.11 Å². The molecule has 0 aromatic heterocycles. The molecular formula is C33H34O3. The largest absolute Gasteiger partial charge is 0.493 e. The SMILES string of the molecule is CC=C(c1ccc(OCc2ccccc2)c(OC)c1)C(CC)c1ccc(OCc2ccccc2)cc1. The predicted molar refractivity (Wildman–Crippen MR) is 148 cm³/mol. The fourth-order valence-electron chi connectivity index (χ4n) is 4.44. The van der Waals surface area contributed by atoms with Gasteiger partial charge in [0.1, 0.15) is 19.0 Å². The molecule has 4 aromatic rings. The highest BCUT2D eigenvalue weighted by molar-refractivity contribution is 5.73. The summed E-state index contributed by atoms with van der Waals surface area (Å²) in [4.78, 5) is 0. The zero-order valence-electron chi connectivity index (χ0n) is 21.3. The quantitative estimate of drug-likeness (QED) is 0.216. The first-order chi connectivity index (χ1) is 17.7. The van der Waals surface area contributed by atoms with Crippen molar-refractivity contribution >= 4 is 5.57 Å². The van der Waals surface area contributed by atoms with Crippen molar-refractivity contribution < 1.29 is 14.2 Å². The molecule has 0 radical (unpaired) electrons. The van der Waals surface area contributed by atoms with Crippen LogP contribution in [0.5, 0.6) is 17.2 Å². The number of methoxy groups -OCH3 is 1. The van der Waals surface area contributed by atoms with Crippen LogP contribution in [0.1, 0.15) is 48.4 Å². The Balaban J connectivity index is 1.48. The van der Waals surface area contributed by atoms with Gasteiger partial charge in [-0.05, 0) is 65.4 Å². The third-order valence-corrected chi connectivity index (χ3v) is 6.36. The lowest BCUT2D eigenvalue weighted by Crippen LogP contribution is -2.03. The maximum Gasteiger partial charge on any atom is 0.161 e. The third-order valence-electron chi connectivity index (χ3n) is 6.36. The van der Waals surface area contributed by atoms with Crippen LogP contribution in [0.2, 0.25) is 0 Å². The molecule has 0 bridgehead atoms. The molecule has 4 rings (SSSR count). The monoisotopic (exact) mass is 478 g/mol. The van der Waals surface area contributed by atoms with E-state index in [1.165, 1.54) is 11.1 Å². The normalized spacial score (nSPS) is 12.1. The standard InChI is InChI=1S/C33H34O3/c1-4-30(27-16-19-29(20-17-27)35-23-25-12-8-6-9-13-25)31(5-2)28-18-21-32(33(22-28)34-3)36-24-26-14-10-7-11-15-26/h5-22,30H,4,23-24H2,1-3H3. The van der Waals surface area contributed by atoms with Crippen LogP contribution in [0.25, 0.3) is 5.57 Å². The van der Waals surface area contributed by atoms with Crippen molar-refractivity contribution in [2.75, 3.05) is 7.11 Å². The number of rotatable bonds is 11. The number of hydrogen-bond acceptors (Lipinski definition) is 3. The minimum atomic E-state index is 0.263. The summed E-state index contributed by atoms with van der Waals surface area (Å²) < 4.78 is 17.7. The maximum atomic E-state index is 6.06. The van der Waals surface area contributed by atoms with Gasteiger partial charge in [-0.25, -0.2) is 0 Å². The number of allylic oxidation sites excluding steroid dienone is 2. The molecule has 0 aliphatic carbocycles. The summed E-state index contributed by atoms with van der Waals surface area (Å²) >= 11 is 0. The van der Waals surface area contributed by atoms with Crippen molar-refractivity contribution in [3.05, 3.63) is 131 Å². The van der Waals surface area contributed by atoms with Crippen molar-refractivity contribution in [1.82, 2.24) is 0 Å². The average Bonchev–Trinajstić information content (AvgIpc) is 2.95. The molecule has 1 unspecified atom stereocenters. The first kappa shape index (κ1) is 25.1. The second kappa shape index (κ2) is 12.6. The number of hydrogen-bond donors (Lipinski definition) is 0. The fraction of sp³-hybridized carbons (Fsp3) is 0.212. The average molecular weight is 479 g/mol. The maximum absolute atomic E-state index is 6.06. The van der Waals surface area contributed by atoms with Crippen LogP contribution < -0.4 is 14.2 Å². The number of ether oxygens (including phenoxy) is 3. The summed E-state index contributed by atoms with van der Waals surface area (Å²) in [7, 11) is 1.69. The molecule has 0 amide bonds. The Morgan fingerprint density at radius 1 is 0.722 bits per heavy atom. The molecule has 36 heavy (non-hydrogen) atoms. The highest BCUT2D eigenvalue weighted by atomic mass is 16.5. The van der Waals surface area contributed by atoms with Crippen molar-refractivity contribution in [2.45, 2.75) is 39.4 Å². The predicted octanol–water partition coefficient (Wildman–Crippen LogP) is 8.45. The van der Waals surface area contributed by atoms with Crippen LogP contribution in [0.15, 0.2) is 109 Å². The zero-order valence-corrected chi connectivity index (χ0v) is 21.3. The van der Waals surface area contributed by atoms with E-state index in [1.807, 2.05) is 42.5 Å². The molecule has 0 spiro atoms. The topological polar surface area (TPSA) is 27.7 Å². The van der Waals surface area contributed by atoms with E-state index in [0.717, 1.165) is 40.4 Å². The van der Waals surface area contributed by atoms with Gasteiger partial charge in [-0.1, -0.05) is 91.9 Å². The van der Waals surface area contributed by atoms with Gasteiger partial charge in [0.05, 0.1) is 7.11 Å². The first-order valence-electron chi connectivity index (χ1n) is 12.5. The molecule has 0 fully saturated rings. The molecule has 4 aromatic carbocycles. The molecule has 0 aliphatic heterocycles. The molecule has 0 heterocycles. The molecule has 0 N–H and O–H groups in total. The molecule has 3 nitrogen and oxygen atoms in total. The summed E-state index contributed by atoms with van der Waals surface area (Å²) in [5.74, 6) is 2.62. The van der Waals surface area contributed by atoms with Crippen molar-refractivity contribution in [1.29, 1.82) is 0 Å². The smallest absolute Gasteiger partial charge is 0.161 e. The van der Waals surface area contributed by atoms with Gasteiger partial charge in [0.25, 0.3) is 0 Å². The second-order valence-electron chi connectivity index (χ2n) is 8.69. The number of benzene rings is 4. The van der Waals surface area contributed by atoms with Crippen LogP contribution in [0, 0.1) is 0 Å². The highest BCUT2D eigenvalue weighted by Gasteiger charge is 2.18. The van der Waals surface area contributed by atoms with Crippen molar-refractivity contribution in [2.24, 2.45) is 0 Å². The summed E-state index contributed by atoms with van der Waals surface area (Å²) in [5, 5.41) is 0. The van der Waals surface area contributed by atoms with E-state index in [2.05, 4.69) is 80.6 Å². The van der Waals surface area contributed by atoms with Crippen molar-refractivity contribution in [3.8, 4) is 17.2 Å². The molecule has 184 valence electrons. The van der Waals surface area contributed by atoms with Crippen LogP contribution in [-0.4, -0.2) is 7.11 Å². The third kappa shape index (κ3) is 6.37. The summed E-state index contributed by atoms with van der Waals surface area (Å²) in [5.41, 5.74) is 5.96. The summed E-state index contributed by atoms with van der Waals surface area (Å²) in [6.07, 6.45) is 3.19. The van der Waals surface area contributed by atoms with Gasteiger partial charge in [-0.2, -0.15) is 0 Å². The van der Waals surface area contributed by atoms with Gasteiger partial charge in [-0.15, -0.1) is 0 Å². The summed E-state index contributed by atoms with van der Waals surface area (Å²) in [6, 6.07) is 35.1. The Bertz CT molecular complexity index is 1250. The van der Waals surface area contributed by atoms with Gasteiger partial charge >= 0.3 is 0 Å². The van der Waals surface area contributed by atoms with Gasteiger partial charge < -0.3 is 14.2 Å². The Hall–Kier alpha value is -3.98. The second-order valence-corrected chi connectivity index (χ2v) is 8.69. The minimum Gasteiger partial charge on any atom is -0.493 e. The van der Waals surface area contributed by atoms with Gasteiger partial charge in [0, 0.05) is 5.92 Å². The Morgan fingerprint density at radius 2 is 1.33 bits per heavy atom. The van der Waals surface area contributed by atoms with E-state index < -0.39 is 0 Å². The van der Waals surface area contributed by atoms with E-state index in [0.29, 0.717) is 13.2 Å². The zero-order chi connectivity index (χ0) is 25.2. The molecule has 0 saturated heterocycles. The molecule has 3 heteroatoms. The van der Waals surface area contributed by atoms with E-state index in [9.17, 15) is 0 Å². The van der Waals surface area contributed by atoms with Crippen LogP contribution in [-0.2, 0) is 13.2 Å². The van der Waals surface area contributed by atoms with E-state index in [4.69, 9.17) is 14.2 Å². The molecule has 1 atom stereocenters. The Labute approximate surface area is 215 Å². The molecular weight excluding hydrogens is 444 g/mol. The Morgan fingerprint density at radius 3 is 1.89 bits per heavy atom.